The van der Waals surface area contributed by atoms with Crippen LogP contribution in [0.2, 0.25) is 0 Å². The lowest BCUT2D eigenvalue weighted by Gasteiger charge is -1.92. The van der Waals surface area contributed by atoms with E-state index in [1.165, 1.54) is 0 Å². The molecule has 2 aromatic heterocycles. The number of anilines is 1. The lowest BCUT2D eigenvalue weighted by Crippen LogP contribution is -1.85. The van der Waals surface area contributed by atoms with Crippen LogP contribution < -0.4 is 5.73 Å². The van der Waals surface area contributed by atoms with Crippen molar-refractivity contribution in [1.29, 1.82) is 5.26 Å². The van der Waals surface area contributed by atoms with Crippen LogP contribution in [0.4, 0.5) is 5.69 Å². The molecular weight excluding hydrogens is 152 g/mol. The van der Waals surface area contributed by atoms with E-state index in [9.17, 15) is 0 Å². The maximum Gasteiger partial charge on any atom is 0.140 e. The Morgan fingerprint density at radius 3 is 3.17 bits per heavy atom. The summed E-state index contributed by atoms with van der Waals surface area (Å²) in [4.78, 5) is 6.90. The molecule has 0 bridgehead atoms. The normalized spacial score (nSPS) is 9.92. The van der Waals surface area contributed by atoms with Gasteiger partial charge in [-0.25, -0.2) is 4.98 Å². The number of hydrogen-bond acceptors (Lipinski definition) is 3. The van der Waals surface area contributed by atoms with Crippen molar-refractivity contribution >= 4 is 16.7 Å². The second-order valence-electron chi connectivity index (χ2n) is 2.44. The standard InChI is InChI=1S/C8H6N4/c9-3-5-1-2-11-8-7(5)6(10)4-12-8/h1-2,4H,10H2,(H,11,12). The minimum atomic E-state index is 0.554. The third-order valence-corrected chi connectivity index (χ3v) is 1.72. The summed E-state index contributed by atoms with van der Waals surface area (Å²) < 4.78 is 0. The Bertz CT molecular complexity index is 463. The Hall–Kier alpha value is -2.02. The highest BCUT2D eigenvalue weighted by Gasteiger charge is 2.05. The average Bonchev–Trinajstić information content (AvgIpc) is 2.48. The molecular formula is C8H6N4. The van der Waals surface area contributed by atoms with Crippen molar-refractivity contribution in [2.75, 3.05) is 5.73 Å². The number of aromatic amines is 1. The first-order valence-electron chi connectivity index (χ1n) is 3.44. The van der Waals surface area contributed by atoms with Crippen molar-refractivity contribution in [3.8, 4) is 6.07 Å². The summed E-state index contributed by atoms with van der Waals surface area (Å²) in [5.74, 6) is 0. The number of nitrogen functional groups attached to an aromatic ring is 1. The highest BCUT2D eigenvalue weighted by atomic mass is 14.9. The Balaban J connectivity index is 2.96. The Labute approximate surface area is 68.6 Å². The Kier molecular flexibility index (Phi) is 1.25. The van der Waals surface area contributed by atoms with Crippen LogP contribution in [0, 0.1) is 11.3 Å². The van der Waals surface area contributed by atoms with E-state index in [2.05, 4.69) is 16.0 Å². The fourth-order valence-corrected chi connectivity index (χ4v) is 1.17. The number of nitrogens with zero attached hydrogens (tertiary/aromatic N) is 2. The summed E-state index contributed by atoms with van der Waals surface area (Å²) in [5, 5.41) is 9.44. The van der Waals surface area contributed by atoms with E-state index < -0.39 is 0 Å². The van der Waals surface area contributed by atoms with Crippen LogP contribution in [0.15, 0.2) is 18.5 Å². The topological polar surface area (TPSA) is 78.5 Å². The number of rotatable bonds is 0. The second-order valence-corrected chi connectivity index (χ2v) is 2.44. The van der Waals surface area contributed by atoms with Gasteiger partial charge in [0.1, 0.15) is 11.7 Å². The molecule has 0 fully saturated rings. The molecule has 0 aromatic carbocycles. The highest BCUT2D eigenvalue weighted by molar-refractivity contribution is 5.93. The van der Waals surface area contributed by atoms with Crippen LogP contribution in [0.25, 0.3) is 11.0 Å². The zero-order chi connectivity index (χ0) is 8.55. The van der Waals surface area contributed by atoms with Gasteiger partial charge in [0.15, 0.2) is 0 Å². The van der Waals surface area contributed by atoms with E-state index in [-0.39, 0.29) is 0 Å². The van der Waals surface area contributed by atoms with Crippen LogP contribution in [-0.2, 0) is 0 Å². The fraction of sp³-hybridized carbons (Fsp3) is 0. The van der Waals surface area contributed by atoms with Crippen molar-refractivity contribution in [1.82, 2.24) is 9.97 Å². The number of nitriles is 1. The van der Waals surface area contributed by atoms with Crippen LogP contribution in [0.3, 0.4) is 0 Å². The number of nitrogens with two attached hydrogens (primary N) is 1. The molecule has 0 radical (unpaired) electrons. The van der Waals surface area contributed by atoms with Gasteiger partial charge in [-0.2, -0.15) is 5.26 Å². The predicted octanol–water partition coefficient (Wildman–Crippen LogP) is 1.02. The van der Waals surface area contributed by atoms with E-state index in [1.54, 1.807) is 18.5 Å². The molecule has 0 saturated heterocycles. The molecule has 0 saturated carbocycles. The molecule has 4 heteroatoms. The van der Waals surface area contributed by atoms with Crippen molar-refractivity contribution in [3.63, 3.8) is 0 Å². The van der Waals surface area contributed by atoms with Gasteiger partial charge in [0.05, 0.1) is 16.6 Å². The number of nitrogens with one attached hydrogen (secondary N) is 1. The lowest BCUT2D eigenvalue weighted by molar-refractivity contribution is 1.32. The van der Waals surface area contributed by atoms with Crippen molar-refractivity contribution < 1.29 is 0 Å². The van der Waals surface area contributed by atoms with Gasteiger partial charge >= 0.3 is 0 Å². The molecule has 3 N–H and O–H groups in total. The molecule has 0 unspecified atom stereocenters. The Morgan fingerprint density at radius 1 is 1.58 bits per heavy atom. The summed E-state index contributed by atoms with van der Waals surface area (Å²) in [7, 11) is 0. The van der Waals surface area contributed by atoms with Gasteiger partial charge in [-0.1, -0.05) is 0 Å². The molecule has 0 aliphatic heterocycles. The summed E-state index contributed by atoms with van der Waals surface area (Å²) in [6, 6.07) is 3.70. The molecule has 2 heterocycles. The third-order valence-electron chi connectivity index (χ3n) is 1.72. The molecule has 0 aliphatic carbocycles. The lowest BCUT2D eigenvalue weighted by atomic mass is 10.2. The zero-order valence-electron chi connectivity index (χ0n) is 6.20. The van der Waals surface area contributed by atoms with Gasteiger partial charge < -0.3 is 10.7 Å². The Morgan fingerprint density at radius 2 is 2.42 bits per heavy atom. The van der Waals surface area contributed by atoms with Crippen molar-refractivity contribution in [2.24, 2.45) is 0 Å². The number of fused-ring (bicyclic) bond motifs is 1. The molecule has 2 aromatic rings. The van der Waals surface area contributed by atoms with E-state index in [1.807, 2.05) is 0 Å². The van der Waals surface area contributed by atoms with Crippen LogP contribution in [-0.4, -0.2) is 9.97 Å². The average molecular weight is 158 g/mol. The zero-order valence-corrected chi connectivity index (χ0v) is 6.20. The van der Waals surface area contributed by atoms with Crippen molar-refractivity contribution in [3.05, 3.63) is 24.0 Å². The smallest absolute Gasteiger partial charge is 0.140 e. The van der Waals surface area contributed by atoms with Crippen LogP contribution in [0.5, 0.6) is 0 Å². The van der Waals surface area contributed by atoms with Crippen LogP contribution in [0.1, 0.15) is 5.56 Å². The maximum atomic E-state index is 8.73. The molecule has 0 atom stereocenters. The molecule has 0 aliphatic rings. The first-order chi connectivity index (χ1) is 5.83. The summed E-state index contributed by atoms with van der Waals surface area (Å²) >= 11 is 0. The predicted molar refractivity (Wildman–Crippen MR) is 45.2 cm³/mol. The summed E-state index contributed by atoms with van der Waals surface area (Å²) in [6.45, 7) is 0. The quantitative estimate of drug-likeness (QED) is 0.600. The van der Waals surface area contributed by atoms with E-state index in [0.29, 0.717) is 22.3 Å². The number of H-pyrrole nitrogens is 1. The van der Waals surface area contributed by atoms with E-state index in [4.69, 9.17) is 11.0 Å². The number of hydrogen-bond donors (Lipinski definition) is 2. The van der Waals surface area contributed by atoms with Gasteiger partial charge in [-0.3, -0.25) is 0 Å². The first-order valence-corrected chi connectivity index (χ1v) is 3.44. The maximum absolute atomic E-state index is 8.73. The third kappa shape index (κ3) is 0.736. The van der Waals surface area contributed by atoms with Gasteiger partial charge in [0.2, 0.25) is 0 Å². The second kappa shape index (κ2) is 2.24. The molecule has 4 nitrogen and oxygen atoms in total. The van der Waals surface area contributed by atoms with Crippen molar-refractivity contribution in [2.45, 2.75) is 0 Å². The summed E-state index contributed by atoms with van der Waals surface area (Å²) in [6.07, 6.45) is 3.22. The van der Waals surface area contributed by atoms with E-state index >= 15 is 0 Å². The summed E-state index contributed by atoms with van der Waals surface area (Å²) in [5.41, 5.74) is 7.41. The van der Waals surface area contributed by atoms with Gasteiger partial charge in [-0.05, 0) is 6.07 Å². The van der Waals surface area contributed by atoms with Gasteiger partial charge in [-0.15, -0.1) is 0 Å². The van der Waals surface area contributed by atoms with Gasteiger partial charge in [0.25, 0.3) is 0 Å². The van der Waals surface area contributed by atoms with E-state index in [0.717, 1.165) is 0 Å². The number of pyridine rings is 1. The SMILES string of the molecule is N#Cc1ccnc2[nH]cc(N)c12. The molecule has 58 valence electrons. The fourth-order valence-electron chi connectivity index (χ4n) is 1.17. The molecule has 12 heavy (non-hydrogen) atoms. The monoisotopic (exact) mass is 158 g/mol. The van der Waals surface area contributed by atoms with Gasteiger partial charge in [0, 0.05) is 12.4 Å². The molecule has 0 spiro atoms. The minimum absolute atomic E-state index is 0.554. The molecule has 0 amide bonds. The first kappa shape index (κ1) is 6.68. The highest BCUT2D eigenvalue weighted by Crippen LogP contribution is 2.21. The minimum Gasteiger partial charge on any atom is -0.397 e. The molecule has 2 rings (SSSR count). The largest absolute Gasteiger partial charge is 0.397 e. The van der Waals surface area contributed by atoms with Crippen LogP contribution >= 0.6 is 0 Å². The number of aromatic nitrogens is 2.